The average molecular weight is 1240 g/mol. The number of aliphatic hydroxyl groups is 1. The van der Waals surface area contributed by atoms with Crippen LogP contribution in [0, 0.1) is 11.8 Å². The van der Waals surface area contributed by atoms with Gasteiger partial charge in [-0.15, -0.1) is 0 Å². The predicted molar refractivity (Wildman–Crippen MR) is 331 cm³/mol. The van der Waals surface area contributed by atoms with E-state index in [1.54, 1.807) is 54.8 Å². The largest absolute Gasteiger partial charge is 0.508 e. The lowest BCUT2D eigenvalue weighted by atomic mass is 9.95. The van der Waals surface area contributed by atoms with Crippen LogP contribution in [-0.4, -0.2) is 161 Å². The molecule has 10 amide bonds. The molecule has 0 aliphatic carbocycles. The fraction of sp³-hybridized carbons (Fsp3) is 0.443. The van der Waals surface area contributed by atoms with Crippen LogP contribution < -0.4 is 70.4 Å². The van der Waals surface area contributed by atoms with E-state index in [9.17, 15) is 68.1 Å². The van der Waals surface area contributed by atoms with Gasteiger partial charge in [0, 0.05) is 65.5 Å². The van der Waals surface area contributed by atoms with Crippen molar-refractivity contribution >= 4 is 71.0 Å². The van der Waals surface area contributed by atoms with Crippen LogP contribution in [0.2, 0.25) is 0 Å². The van der Waals surface area contributed by atoms with Crippen molar-refractivity contribution in [3.05, 3.63) is 126 Å². The van der Waals surface area contributed by atoms with Crippen LogP contribution in [0.3, 0.4) is 0 Å². The van der Waals surface area contributed by atoms with Crippen LogP contribution in [0.25, 0.3) is 0 Å². The molecule has 0 unspecified atom stereocenters. The Labute approximate surface area is 516 Å². The van der Waals surface area contributed by atoms with Crippen LogP contribution in [0.15, 0.2) is 120 Å². The van der Waals surface area contributed by atoms with Gasteiger partial charge in [-0.2, -0.15) is 0 Å². The third-order valence-corrected chi connectivity index (χ3v) is 13.6. The molecule has 89 heavy (non-hydrogen) atoms. The number of carbonyl (C=O) groups excluding carboxylic acids is 10. The van der Waals surface area contributed by atoms with Crippen LogP contribution in [0.4, 0.5) is 0 Å². The lowest BCUT2D eigenvalue weighted by Gasteiger charge is -2.27. The first kappa shape index (κ1) is 73.4. The molecule has 2 aromatic rings. The molecule has 1 aliphatic rings. The van der Waals surface area contributed by atoms with Crippen molar-refractivity contribution in [2.45, 2.75) is 134 Å². The second-order valence-electron chi connectivity index (χ2n) is 21.5. The summed E-state index contributed by atoms with van der Waals surface area (Å²) < 4.78 is 0. The molecule has 484 valence electrons. The second kappa shape index (κ2) is 38.3. The van der Waals surface area contributed by atoms with Crippen LogP contribution in [0.5, 0.6) is 5.75 Å². The lowest BCUT2D eigenvalue weighted by molar-refractivity contribution is -0.139. The molecule has 1 aliphatic heterocycles. The van der Waals surface area contributed by atoms with Crippen molar-refractivity contribution in [3.8, 4) is 5.75 Å². The topological polar surface area (TPSA) is 459 Å². The summed E-state index contributed by atoms with van der Waals surface area (Å²) in [6.07, 6.45) is 8.65. The Balaban J connectivity index is 1.84. The minimum atomic E-state index is -1.89. The summed E-state index contributed by atoms with van der Waals surface area (Å²) in [5.74, 6) is -11.2. The maximum atomic E-state index is 14.2. The fourth-order valence-corrected chi connectivity index (χ4v) is 8.91. The van der Waals surface area contributed by atoms with Gasteiger partial charge in [0.25, 0.3) is 0 Å². The van der Waals surface area contributed by atoms with Gasteiger partial charge in [-0.3, -0.25) is 57.7 Å². The Kier molecular flexibility index (Phi) is 31.6. The number of hydrogen-bond donors (Lipinski definition) is 16. The highest BCUT2D eigenvalue weighted by molar-refractivity contribution is 5.98. The van der Waals surface area contributed by atoms with Crippen molar-refractivity contribution in [1.82, 2.24) is 53.2 Å². The Morgan fingerprint density at radius 1 is 0.674 bits per heavy atom. The van der Waals surface area contributed by atoms with Gasteiger partial charge < -0.3 is 85.7 Å². The summed E-state index contributed by atoms with van der Waals surface area (Å²) in [6, 6.07) is 3.65. The number of aliphatic hydroxyl groups excluding tert-OH is 1. The molecule has 0 spiro atoms. The SMILES string of the molecule is C=C1/C=C\C=C/CNC=C1C[C@H](NC(=O)[C@H](CCCNC(N)=NC)NC(=O)[C@@H](/C=C/CNC(=O)[C@H](Cc1ccccc1)NC(=O)[C@@H](NC(=O)[C@H](CC(N)=O)NC(=O)[C@H](CCC(=O)O)NC(=O)[C@@H](Cc1ccc(O)cc1)NC(C)=O)[C@@H](C)O)CC(C)C)C(N)=O. The molecule has 0 aromatic heterocycles. The van der Waals surface area contributed by atoms with E-state index < -0.39 is 139 Å². The van der Waals surface area contributed by atoms with Crippen LogP contribution >= 0.6 is 0 Å². The van der Waals surface area contributed by atoms with E-state index in [0.717, 1.165) is 13.8 Å². The highest BCUT2D eigenvalue weighted by Gasteiger charge is 2.36. The monoisotopic (exact) mass is 1240 g/mol. The van der Waals surface area contributed by atoms with Crippen molar-refractivity contribution < 1.29 is 68.1 Å². The van der Waals surface area contributed by atoms with Crippen molar-refractivity contribution in [3.63, 3.8) is 0 Å². The number of carbonyl (C=O) groups is 11. The number of aromatic hydroxyl groups is 1. The second-order valence-corrected chi connectivity index (χ2v) is 21.5. The Morgan fingerprint density at radius 3 is 1.84 bits per heavy atom. The summed E-state index contributed by atoms with van der Waals surface area (Å²) in [4.78, 5) is 151. The predicted octanol–water partition coefficient (Wildman–Crippen LogP) is -1.61. The number of carboxylic acids is 1. The fourth-order valence-electron chi connectivity index (χ4n) is 8.91. The zero-order valence-electron chi connectivity index (χ0n) is 50.7. The summed E-state index contributed by atoms with van der Waals surface area (Å²) >= 11 is 0. The third-order valence-electron chi connectivity index (χ3n) is 13.6. The number of primary amides is 2. The molecule has 19 N–H and O–H groups in total. The van der Waals surface area contributed by atoms with Gasteiger partial charge in [0.05, 0.1) is 18.4 Å². The van der Waals surface area contributed by atoms with Gasteiger partial charge in [0.15, 0.2) is 5.96 Å². The number of carboxylic acid groups (broad SMARTS) is 1. The first-order valence-electron chi connectivity index (χ1n) is 28.9. The van der Waals surface area contributed by atoms with E-state index in [-0.39, 0.29) is 56.4 Å². The molecule has 2 aromatic carbocycles. The molecule has 28 heteroatoms. The summed E-state index contributed by atoms with van der Waals surface area (Å²) in [5, 5.41) is 56.3. The number of aliphatic imine (C=N–C) groups is 1. The Bertz CT molecular complexity index is 2950. The molecule has 0 bridgehead atoms. The number of phenolic OH excluding ortho intramolecular Hbond substituents is 1. The molecule has 0 fully saturated rings. The molecular weight excluding hydrogens is 1150 g/mol. The molecule has 0 radical (unpaired) electrons. The number of nitrogens with one attached hydrogen (secondary N) is 10. The molecule has 9 atom stereocenters. The summed E-state index contributed by atoms with van der Waals surface area (Å²) in [6.45, 7) is 10.7. The van der Waals surface area contributed by atoms with Crippen molar-refractivity contribution in [1.29, 1.82) is 0 Å². The number of phenols is 1. The van der Waals surface area contributed by atoms with Gasteiger partial charge in [-0.1, -0.05) is 99.3 Å². The van der Waals surface area contributed by atoms with E-state index in [1.165, 1.54) is 37.4 Å². The zero-order chi connectivity index (χ0) is 66.2. The van der Waals surface area contributed by atoms with Gasteiger partial charge in [0.2, 0.25) is 59.1 Å². The van der Waals surface area contributed by atoms with E-state index in [4.69, 9.17) is 17.2 Å². The first-order chi connectivity index (χ1) is 42.2. The zero-order valence-corrected chi connectivity index (χ0v) is 50.7. The van der Waals surface area contributed by atoms with E-state index in [2.05, 4.69) is 64.7 Å². The van der Waals surface area contributed by atoms with Crippen LogP contribution in [0.1, 0.15) is 83.8 Å². The highest BCUT2D eigenvalue weighted by atomic mass is 16.4. The number of allylic oxidation sites excluding steroid dienone is 4. The number of guanidine groups is 1. The van der Waals surface area contributed by atoms with E-state index in [1.807, 2.05) is 26.0 Å². The van der Waals surface area contributed by atoms with E-state index >= 15 is 0 Å². The molecule has 1 heterocycles. The summed E-state index contributed by atoms with van der Waals surface area (Å²) in [5.41, 5.74) is 19.3. The lowest BCUT2D eigenvalue weighted by Crippen LogP contribution is -2.61. The minimum absolute atomic E-state index is 0.0109. The minimum Gasteiger partial charge on any atom is -0.508 e. The van der Waals surface area contributed by atoms with Gasteiger partial charge >= 0.3 is 5.97 Å². The smallest absolute Gasteiger partial charge is 0.303 e. The molecule has 3 rings (SSSR count). The van der Waals surface area contributed by atoms with Gasteiger partial charge in [-0.05, 0) is 72.9 Å². The number of nitrogens with two attached hydrogens (primary N) is 3. The van der Waals surface area contributed by atoms with Gasteiger partial charge in [-0.25, -0.2) is 0 Å². The quantitative estimate of drug-likeness (QED) is 0.0158. The molecular formula is C61H86N14O14. The standard InChI is InChI=1S/C61H86N14O14/c1-35(2)29-41(54(83)70-44(19-14-28-68-61(64)65-6)56(85)72-46(53(63)82)32-42-34-66-26-12-8-9-15-36(42)3)18-13-27-67-55(84)47(30-39-16-10-7-11-17-39)74-60(89)52(37(4)76)75-59(88)49(33-50(62)79)73-57(86)45(24-25-51(80)81)71-58(87)48(69-38(5)77)31-40-20-22-43(78)23-21-40/h7-13,15-18,20-23,34-35,37,41,44-49,52,66,76,78H,3,14,19,24-33H2,1-2,4-6H3,(H2,62,79)(H2,63,82)(H,67,84)(H,69,77)(H,70,83)(H,71,87)(H,72,85)(H,73,86)(H,74,89)(H,75,88)(H,80,81)(H3,64,65,68)/b12-8-,15-9-,18-13+,42-34?/t37-,41+,44+,45+,46+,47+,48-,49+,52+/m1/s1. The number of amides is 10. The van der Waals surface area contributed by atoms with Crippen molar-refractivity contribution in [2.24, 2.45) is 34.0 Å². The highest BCUT2D eigenvalue weighted by Crippen LogP contribution is 2.19. The number of hydrogen-bond acceptors (Lipinski definition) is 15. The van der Waals surface area contributed by atoms with Crippen LogP contribution in [-0.2, 0) is 65.6 Å². The van der Waals surface area contributed by atoms with Gasteiger partial charge in [0.1, 0.15) is 48.0 Å². The average Bonchev–Trinajstić information content (AvgIpc) is 3.71. The molecule has 0 saturated carbocycles. The molecule has 0 saturated heterocycles. The van der Waals surface area contributed by atoms with Crippen molar-refractivity contribution in [2.75, 3.05) is 26.7 Å². The first-order valence-corrected chi connectivity index (χ1v) is 28.9. The summed E-state index contributed by atoms with van der Waals surface area (Å²) in [7, 11) is 1.50. The number of aliphatic carboxylic acids is 1. The third kappa shape index (κ3) is 28.0. The molecule has 28 nitrogen and oxygen atoms in total. The Morgan fingerprint density at radius 2 is 1.25 bits per heavy atom. The van der Waals surface area contributed by atoms with E-state index in [0.29, 0.717) is 41.7 Å². The number of benzene rings is 2. The number of nitrogens with zero attached hydrogens (tertiary/aromatic N) is 1. The number of rotatable bonds is 36. The maximum Gasteiger partial charge on any atom is 0.303 e. The normalized spacial score (nSPS) is 16.1. The maximum absolute atomic E-state index is 14.2. The Hall–Kier alpha value is -9.86.